The van der Waals surface area contributed by atoms with E-state index < -0.39 is 0 Å². The summed E-state index contributed by atoms with van der Waals surface area (Å²) >= 11 is 2.81. The van der Waals surface area contributed by atoms with Crippen molar-refractivity contribution >= 4 is 34.5 Å². The molecule has 3 rings (SSSR count). The highest BCUT2D eigenvalue weighted by molar-refractivity contribution is 7.98. The van der Waals surface area contributed by atoms with Gasteiger partial charge in [-0.2, -0.15) is 8.75 Å². The highest BCUT2D eigenvalue weighted by Gasteiger charge is 2.05. The summed E-state index contributed by atoms with van der Waals surface area (Å²) in [4.78, 5) is 10.8. The van der Waals surface area contributed by atoms with Gasteiger partial charge in [-0.15, -0.1) is 0 Å². The number of nitrogens with zero attached hydrogens (tertiary/aromatic N) is 5. The summed E-state index contributed by atoms with van der Waals surface area (Å²) in [7, 11) is 2.09. The Bertz CT molecular complexity index is 726. The lowest BCUT2D eigenvalue weighted by molar-refractivity contribution is 0.318. The molecule has 0 fully saturated rings. The van der Waals surface area contributed by atoms with E-state index in [1.165, 1.54) is 17.3 Å². The number of hydrogen-bond acceptors (Lipinski definition) is 7. The molecule has 108 valence electrons. The average molecular weight is 317 g/mol. The summed E-state index contributed by atoms with van der Waals surface area (Å²) in [5.74, 6) is 0. The SMILES string of the molecule is CSc1ncc(CN(C)Cc2ccc3nsnc3c2)cn1. The fourth-order valence-corrected chi connectivity index (χ4v) is 2.97. The number of rotatable bonds is 5. The Morgan fingerprint density at radius 2 is 1.76 bits per heavy atom. The van der Waals surface area contributed by atoms with Gasteiger partial charge in [0.15, 0.2) is 5.16 Å². The third-order valence-electron chi connectivity index (χ3n) is 3.09. The monoisotopic (exact) mass is 317 g/mol. The predicted octanol–water partition coefficient (Wildman–Crippen LogP) is 2.84. The maximum atomic E-state index is 4.30. The van der Waals surface area contributed by atoms with Crippen LogP contribution in [-0.4, -0.2) is 36.9 Å². The predicted molar refractivity (Wildman–Crippen MR) is 86.4 cm³/mol. The van der Waals surface area contributed by atoms with E-state index in [9.17, 15) is 0 Å². The summed E-state index contributed by atoms with van der Waals surface area (Å²) < 4.78 is 8.50. The maximum absolute atomic E-state index is 4.30. The van der Waals surface area contributed by atoms with E-state index in [2.05, 4.69) is 42.8 Å². The number of aromatic nitrogens is 4. The topological polar surface area (TPSA) is 54.8 Å². The average Bonchev–Trinajstić information content (AvgIpc) is 2.95. The Balaban J connectivity index is 1.65. The second-order valence-electron chi connectivity index (χ2n) is 4.84. The third-order valence-corrected chi connectivity index (χ3v) is 4.22. The second-order valence-corrected chi connectivity index (χ2v) is 6.14. The zero-order valence-corrected chi connectivity index (χ0v) is 13.5. The summed E-state index contributed by atoms with van der Waals surface area (Å²) in [6.07, 6.45) is 5.76. The molecule has 0 aliphatic rings. The van der Waals surface area contributed by atoms with E-state index in [1.807, 2.05) is 24.7 Å². The molecule has 0 N–H and O–H groups in total. The first-order valence-electron chi connectivity index (χ1n) is 6.49. The highest BCUT2D eigenvalue weighted by Crippen LogP contribution is 2.15. The van der Waals surface area contributed by atoms with Crippen molar-refractivity contribution in [2.75, 3.05) is 13.3 Å². The van der Waals surface area contributed by atoms with Crippen LogP contribution in [0.3, 0.4) is 0 Å². The van der Waals surface area contributed by atoms with Crippen molar-refractivity contribution in [2.24, 2.45) is 0 Å². The van der Waals surface area contributed by atoms with Gasteiger partial charge in [0, 0.05) is 31.0 Å². The van der Waals surface area contributed by atoms with Crippen molar-refractivity contribution in [1.29, 1.82) is 0 Å². The molecule has 0 atom stereocenters. The van der Waals surface area contributed by atoms with Gasteiger partial charge >= 0.3 is 0 Å². The van der Waals surface area contributed by atoms with Crippen molar-refractivity contribution in [3.63, 3.8) is 0 Å². The van der Waals surface area contributed by atoms with Crippen molar-refractivity contribution in [1.82, 2.24) is 23.6 Å². The van der Waals surface area contributed by atoms with Gasteiger partial charge in [-0.3, -0.25) is 4.90 Å². The van der Waals surface area contributed by atoms with Crippen LogP contribution in [0.2, 0.25) is 0 Å². The van der Waals surface area contributed by atoms with E-state index in [0.717, 1.165) is 34.8 Å². The second kappa shape index (κ2) is 6.46. The van der Waals surface area contributed by atoms with Crippen LogP contribution in [0.25, 0.3) is 11.0 Å². The molecule has 0 bridgehead atoms. The van der Waals surface area contributed by atoms with Gasteiger partial charge < -0.3 is 0 Å². The van der Waals surface area contributed by atoms with Crippen LogP contribution in [-0.2, 0) is 13.1 Å². The molecule has 3 aromatic rings. The minimum absolute atomic E-state index is 0.808. The Hall–Kier alpha value is -1.57. The van der Waals surface area contributed by atoms with E-state index in [4.69, 9.17) is 0 Å². The Kier molecular flexibility index (Phi) is 4.42. The zero-order chi connectivity index (χ0) is 14.7. The smallest absolute Gasteiger partial charge is 0.187 e. The molecule has 1 aromatic carbocycles. The lowest BCUT2D eigenvalue weighted by Gasteiger charge is -2.16. The van der Waals surface area contributed by atoms with Gasteiger partial charge in [-0.05, 0) is 31.0 Å². The zero-order valence-electron chi connectivity index (χ0n) is 11.9. The molecule has 0 unspecified atom stereocenters. The maximum Gasteiger partial charge on any atom is 0.187 e. The molecule has 5 nitrogen and oxygen atoms in total. The summed E-state index contributed by atoms with van der Waals surface area (Å²) in [6, 6.07) is 6.23. The van der Waals surface area contributed by atoms with Crippen LogP contribution >= 0.6 is 23.5 Å². The normalized spacial score (nSPS) is 11.4. The van der Waals surface area contributed by atoms with E-state index in [0.29, 0.717) is 0 Å². The molecule has 0 radical (unpaired) electrons. The van der Waals surface area contributed by atoms with Gasteiger partial charge in [0.1, 0.15) is 11.0 Å². The molecule has 2 aromatic heterocycles. The molecular formula is C14H15N5S2. The first kappa shape index (κ1) is 14.4. The van der Waals surface area contributed by atoms with Crippen molar-refractivity contribution in [3.8, 4) is 0 Å². The van der Waals surface area contributed by atoms with Gasteiger partial charge in [0.2, 0.25) is 0 Å². The molecule has 7 heteroatoms. The Morgan fingerprint density at radius 1 is 1.05 bits per heavy atom. The quantitative estimate of drug-likeness (QED) is 0.533. The van der Waals surface area contributed by atoms with Crippen LogP contribution in [0.4, 0.5) is 0 Å². The molecule has 0 aliphatic carbocycles. The summed E-state index contributed by atoms with van der Waals surface area (Å²) in [5, 5.41) is 0.808. The molecule has 0 saturated carbocycles. The standard InChI is InChI=1S/C14H15N5S2/c1-19(9-11-6-15-14(20-2)16-7-11)8-10-3-4-12-13(5-10)18-21-17-12/h3-7H,8-9H2,1-2H3. The number of benzene rings is 1. The lowest BCUT2D eigenvalue weighted by Crippen LogP contribution is -2.17. The molecule has 0 amide bonds. The number of thioether (sulfide) groups is 1. The fourth-order valence-electron chi connectivity index (χ4n) is 2.14. The minimum atomic E-state index is 0.808. The van der Waals surface area contributed by atoms with E-state index in [-0.39, 0.29) is 0 Å². The molecular weight excluding hydrogens is 302 g/mol. The Labute approximate surface area is 131 Å². The number of fused-ring (bicyclic) bond motifs is 1. The van der Waals surface area contributed by atoms with Gasteiger partial charge in [0.25, 0.3) is 0 Å². The minimum Gasteiger partial charge on any atom is -0.298 e. The van der Waals surface area contributed by atoms with Gasteiger partial charge in [0.05, 0.1) is 11.7 Å². The molecule has 21 heavy (non-hydrogen) atoms. The third kappa shape index (κ3) is 3.55. The number of hydrogen-bond donors (Lipinski definition) is 0. The fraction of sp³-hybridized carbons (Fsp3) is 0.286. The van der Waals surface area contributed by atoms with Crippen LogP contribution in [0.15, 0.2) is 35.7 Å². The first-order chi connectivity index (χ1) is 10.2. The van der Waals surface area contributed by atoms with Crippen molar-refractivity contribution in [2.45, 2.75) is 18.2 Å². The largest absolute Gasteiger partial charge is 0.298 e. The summed E-state index contributed by atoms with van der Waals surface area (Å²) in [6.45, 7) is 1.68. The van der Waals surface area contributed by atoms with Crippen LogP contribution in [0.5, 0.6) is 0 Å². The van der Waals surface area contributed by atoms with Crippen LogP contribution in [0, 0.1) is 0 Å². The van der Waals surface area contributed by atoms with E-state index >= 15 is 0 Å². The van der Waals surface area contributed by atoms with Crippen LogP contribution < -0.4 is 0 Å². The molecule has 0 aliphatic heterocycles. The molecule has 0 saturated heterocycles. The highest BCUT2D eigenvalue weighted by atomic mass is 32.2. The Morgan fingerprint density at radius 3 is 2.52 bits per heavy atom. The van der Waals surface area contributed by atoms with Crippen molar-refractivity contribution in [3.05, 3.63) is 41.7 Å². The van der Waals surface area contributed by atoms with Crippen molar-refractivity contribution < 1.29 is 0 Å². The van der Waals surface area contributed by atoms with Gasteiger partial charge in [-0.25, -0.2) is 9.97 Å². The molecule has 0 spiro atoms. The lowest BCUT2D eigenvalue weighted by atomic mass is 10.2. The van der Waals surface area contributed by atoms with Gasteiger partial charge in [-0.1, -0.05) is 17.8 Å². The first-order valence-corrected chi connectivity index (χ1v) is 8.45. The molecule has 2 heterocycles. The summed E-state index contributed by atoms with van der Waals surface area (Å²) in [5.41, 5.74) is 4.29. The van der Waals surface area contributed by atoms with E-state index in [1.54, 1.807) is 11.8 Å². The van der Waals surface area contributed by atoms with Crippen LogP contribution in [0.1, 0.15) is 11.1 Å².